The van der Waals surface area contributed by atoms with Crippen molar-refractivity contribution in [2.75, 3.05) is 4.90 Å². The lowest BCUT2D eigenvalue weighted by Gasteiger charge is -2.37. The van der Waals surface area contributed by atoms with Crippen molar-refractivity contribution < 1.29 is 4.39 Å². The zero-order valence-electron chi connectivity index (χ0n) is 13.1. The van der Waals surface area contributed by atoms with E-state index in [1.165, 1.54) is 0 Å². The van der Waals surface area contributed by atoms with Crippen LogP contribution in [0.4, 0.5) is 10.2 Å². The highest BCUT2D eigenvalue weighted by Crippen LogP contribution is 2.40. The van der Waals surface area contributed by atoms with Gasteiger partial charge in [-0.25, -0.2) is 9.37 Å². The number of aryl methyl sites for hydroxylation is 1. The van der Waals surface area contributed by atoms with E-state index in [9.17, 15) is 4.39 Å². The molecule has 0 saturated carbocycles. The minimum absolute atomic E-state index is 0.310. The molecule has 2 fully saturated rings. The van der Waals surface area contributed by atoms with Gasteiger partial charge in [0.1, 0.15) is 17.6 Å². The van der Waals surface area contributed by atoms with Crippen molar-refractivity contribution in [1.29, 1.82) is 0 Å². The van der Waals surface area contributed by atoms with E-state index in [2.05, 4.69) is 26.6 Å². The number of piperidine rings is 1. The Hall–Kier alpha value is -2.17. The first-order valence-electron chi connectivity index (χ1n) is 8.34. The lowest BCUT2D eigenvalue weighted by molar-refractivity contribution is 0.242. The number of halogens is 1. The van der Waals surface area contributed by atoms with Crippen molar-refractivity contribution in [3.05, 3.63) is 30.6 Å². The molecule has 0 unspecified atom stereocenters. The first-order chi connectivity index (χ1) is 11.2. The molecule has 2 aliphatic rings. The van der Waals surface area contributed by atoms with Crippen LogP contribution in [-0.2, 0) is 7.05 Å². The molecule has 2 bridgehead atoms. The second-order valence-corrected chi connectivity index (χ2v) is 6.85. The van der Waals surface area contributed by atoms with Crippen LogP contribution in [0.15, 0.2) is 30.6 Å². The molecular weight excluding hydrogens is 290 g/mol. The molecule has 3 aromatic heterocycles. The standard InChI is InChI=1S/C18H19FN4/c1-22-16-6-7-20-10-15(16)14-4-5-17(21-18(14)22)23-12-2-3-13(23)9-11(19)8-12/h4-7,10-13H,2-3,8-9H2,1H3/t11-,12+,13-/i19-1. The van der Waals surface area contributed by atoms with Crippen molar-refractivity contribution in [2.24, 2.45) is 7.05 Å². The smallest absolute Gasteiger partial charge is 0.143 e. The van der Waals surface area contributed by atoms with Gasteiger partial charge in [-0.2, -0.15) is 0 Å². The van der Waals surface area contributed by atoms with Gasteiger partial charge >= 0.3 is 0 Å². The summed E-state index contributed by atoms with van der Waals surface area (Å²) < 4.78 is 15.9. The van der Waals surface area contributed by atoms with Gasteiger partial charge in [0.2, 0.25) is 0 Å². The van der Waals surface area contributed by atoms with Crippen LogP contribution in [-0.4, -0.2) is 32.8 Å². The maximum Gasteiger partial charge on any atom is 0.143 e. The second-order valence-electron chi connectivity index (χ2n) is 6.85. The molecule has 0 aliphatic carbocycles. The van der Waals surface area contributed by atoms with Crippen molar-refractivity contribution >= 4 is 27.8 Å². The Labute approximate surface area is 133 Å². The summed E-state index contributed by atoms with van der Waals surface area (Å²) in [5.41, 5.74) is 2.12. The van der Waals surface area contributed by atoms with E-state index < -0.39 is 6.17 Å². The summed E-state index contributed by atoms with van der Waals surface area (Å²) in [6.07, 6.45) is 6.54. The number of hydrogen-bond acceptors (Lipinski definition) is 3. The molecule has 0 amide bonds. The minimum atomic E-state index is -0.642. The van der Waals surface area contributed by atoms with Crippen LogP contribution in [0.2, 0.25) is 0 Å². The summed E-state index contributed by atoms with van der Waals surface area (Å²) in [7, 11) is 2.05. The Morgan fingerprint density at radius 2 is 1.87 bits per heavy atom. The van der Waals surface area contributed by atoms with E-state index >= 15 is 0 Å². The molecule has 5 heterocycles. The van der Waals surface area contributed by atoms with Gasteiger partial charge in [0, 0.05) is 42.3 Å². The Bertz CT molecular complexity index is 889. The van der Waals surface area contributed by atoms with Crippen LogP contribution in [0.1, 0.15) is 25.7 Å². The fourth-order valence-electron chi connectivity index (χ4n) is 4.53. The second kappa shape index (κ2) is 4.66. The van der Waals surface area contributed by atoms with Gasteiger partial charge < -0.3 is 9.47 Å². The largest absolute Gasteiger partial charge is 0.350 e. The lowest BCUT2D eigenvalue weighted by Crippen LogP contribution is -2.44. The van der Waals surface area contributed by atoms with E-state index in [4.69, 9.17) is 4.98 Å². The number of nitrogens with zero attached hydrogens (tertiary/aromatic N) is 4. The summed E-state index contributed by atoms with van der Waals surface area (Å²) in [6, 6.07) is 6.88. The molecule has 5 rings (SSSR count). The van der Waals surface area contributed by atoms with Crippen molar-refractivity contribution in [2.45, 2.75) is 43.9 Å². The van der Waals surface area contributed by atoms with Gasteiger partial charge in [-0.15, -0.1) is 0 Å². The average molecular weight is 309 g/mol. The summed E-state index contributed by atoms with van der Waals surface area (Å²) in [6.45, 7) is 0. The molecule has 4 nitrogen and oxygen atoms in total. The first kappa shape index (κ1) is 13.3. The molecule has 2 saturated heterocycles. The number of fused-ring (bicyclic) bond motifs is 5. The third kappa shape index (κ3) is 1.82. The Morgan fingerprint density at radius 3 is 2.65 bits per heavy atom. The van der Waals surface area contributed by atoms with Gasteiger partial charge in [-0.05, 0) is 43.9 Å². The molecule has 2 aliphatic heterocycles. The van der Waals surface area contributed by atoms with E-state index in [0.717, 1.165) is 40.6 Å². The molecule has 5 heteroatoms. The third-order valence-corrected chi connectivity index (χ3v) is 5.57. The predicted octanol–water partition coefficient (Wildman–Crippen LogP) is 3.59. The number of rotatable bonds is 1. The van der Waals surface area contributed by atoms with Crippen LogP contribution in [0.25, 0.3) is 21.9 Å². The SMILES string of the molecule is Cn1c2ccncc2c2ccc(N3[C@@H]4CC[C@H]3C[C@@H]([18F])C4)nc21. The average Bonchev–Trinajstić information content (AvgIpc) is 3.00. The molecule has 3 aromatic rings. The van der Waals surface area contributed by atoms with E-state index in [1.54, 1.807) is 0 Å². The van der Waals surface area contributed by atoms with Gasteiger partial charge in [0.15, 0.2) is 0 Å². The minimum Gasteiger partial charge on any atom is -0.350 e. The fourth-order valence-corrected chi connectivity index (χ4v) is 4.53. The topological polar surface area (TPSA) is 34.0 Å². The van der Waals surface area contributed by atoms with Gasteiger partial charge in [0.05, 0.1) is 5.52 Å². The van der Waals surface area contributed by atoms with Crippen LogP contribution < -0.4 is 4.90 Å². The molecule has 0 radical (unpaired) electrons. The number of alkyl halides is 1. The van der Waals surface area contributed by atoms with Crippen molar-refractivity contribution in [3.8, 4) is 0 Å². The number of hydrogen-bond donors (Lipinski definition) is 0. The van der Waals surface area contributed by atoms with E-state index in [-0.39, 0.29) is 0 Å². The normalized spacial score (nSPS) is 27.2. The molecule has 118 valence electrons. The van der Waals surface area contributed by atoms with Crippen molar-refractivity contribution in [1.82, 2.24) is 14.5 Å². The number of pyridine rings is 2. The fraction of sp³-hybridized carbons (Fsp3) is 0.444. The summed E-state index contributed by atoms with van der Waals surface area (Å²) >= 11 is 0. The highest BCUT2D eigenvalue weighted by molar-refractivity contribution is 6.06. The lowest BCUT2D eigenvalue weighted by atomic mass is 10.0. The van der Waals surface area contributed by atoms with E-state index in [1.807, 2.05) is 25.5 Å². The van der Waals surface area contributed by atoms with Gasteiger partial charge in [-0.1, -0.05) is 0 Å². The molecular formula is C18H19FN4. The van der Waals surface area contributed by atoms with Crippen LogP contribution in [0.5, 0.6) is 0 Å². The molecule has 0 spiro atoms. The molecule has 3 atom stereocenters. The highest BCUT2D eigenvalue weighted by Gasteiger charge is 2.41. The van der Waals surface area contributed by atoms with Gasteiger partial charge in [0.25, 0.3) is 0 Å². The Kier molecular flexibility index (Phi) is 2.69. The Balaban J connectivity index is 1.66. The van der Waals surface area contributed by atoms with Crippen molar-refractivity contribution in [3.63, 3.8) is 0 Å². The highest BCUT2D eigenvalue weighted by atomic mass is 18.2. The van der Waals surface area contributed by atoms with Crippen LogP contribution >= 0.6 is 0 Å². The quantitative estimate of drug-likeness (QED) is 0.689. The summed E-state index contributed by atoms with van der Waals surface area (Å²) in [5, 5.41) is 2.27. The summed E-state index contributed by atoms with van der Waals surface area (Å²) in [5.74, 6) is 0.996. The third-order valence-electron chi connectivity index (χ3n) is 5.57. The molecule has 0 N–H and O–H groups in total. The zero-order chi connectivity index (χ0) is 15.6. The Morgan fingerprint density at radius 1 is 1.09 bits per heavy atom. The van der Waals surface area contributed by atoms with Gasteiger partial charge in [-0.3, -0.25) is 4.98 Å². The maximum atomic E-state index is 13.8. The molecule has 0 aromatic carbocycles. The van der Waals surface area contributed by atoms with Crippen LogP contribution in [0.3, 0.4) is 0 Å². The first-order valence-corrected chi connectivity index (χ1v) is 8.34. The number of anilines is 1. The summed E-state index contributed by atoms with van der Waals surface area (Å²) in [4.78, 5) is 11.5. The maximum absolute atomic E-state index is 13.8. The van der Waals surface area contributed by atoms with Crippen LogP contribution in [0, 0.1) is 0 Å². The number of aromatic nitrogens is 3. The predicted molar refractivity (Wildman–Crippen MR) is 89.4 cm³/mol. The molecule has 23 heavy (non-hydrogen) atoms. The monoisotopic (exact) mass is 309 g/mol. The zero-order valence-corrected chi connectivity index (χ0v) is 13.1. The van der Waals surface area contributed by atoms with E-state index in [0.29, 0.717) is 24.9 Å².